The van der Waals surface area contributed by atoms with Gasteiger partial charge < -0.3 is 10.5 Å². The molecule has 0 spiro atoms. The molecule has 0 aliphatic heterocycles. The Labute approximate surface area is 125 Å². The van der Waals surface area contributed by atoms with Crippen LogP contribution in [0.25, 0.3) is 21.6 Å². The molecule has 0 saturated heterocycles. The van der Waals surface area contributed by atoms with Crippen LogP contribution in [0.1, 0.15) is 11.8 Å². The van der Waals surface area contributed by atoms with Crippen molar-refractivity contribution >= 4 is 27.4 Å². The summed E-state index contributed by atoms with van der Waals surface area (Å²) >= 11 is 1.56. The fraction of sp³-hybridized carbons (Fsp3) is 0.200. The summed E-state index contributed by atoms with van der Waals surface area (Å²) in [6.07, 6.45) is 0.909. The zero-order valence-corrected chi connectivity index (χ0v) is 12.5. The third-order valence-corrected chi connectivity index (χ3v) is 4.41. The van der Waals surface area contributed by atoms with Crippen molar-refractivity contribution in [1.82, 2.24) is 9.97 Å². The van der Waals surface area contributed by atoms with E-state index in [4.69, 9.17) is 10.5 Å². The van der Waals surface area contributed by atoms with Crippen LogP contribution in [0.3, 0.4) is 0 Å². The summed E-state index contributed by atoms with van der Waals surface area (Å²) in [5, 5.41) is 0.828. The van der Waals surface area contributed by atoms with Crippen LogP contribution in [-0.2, 0) is 6.42 Å². The first-order valence-electron chi connectivity index (χ1n) is 6.52. The van der Waals surface area contributed by atoms with E-state index in [1.54, 1.807) is 23.5 Å². The van der Waals surface area contributed by atoms with Gasteiger partial charge in [0, 0.05) is 10.9 Å². The Morgan fingerprint density at radius 3 is 2.76 bits per heavy atom. The molecular formula is C15H14FN3OS. The summed E-state index contributed by atoms with van der Waals surface area (Å²) < 4.78 is 19.1. The summed E-state index contributed by atoms with van der Waals surface area (Å²) in [4.78, 5) is 10.6. The number of nitrogens with two attached hydrogens (primary N) is 1. The minimum atomic E-state index is -0.430. The van der Waals surface area contributed by atoms with Crippen LogP contribution < -0.4 is 10.5 Å². The van der Waals surface area contributed by atoms with Gasteiger partial charge in [-0.05, 0) is 24.6 Å². The maximum absolute atomic E-state index is 14.1. The third-order valence-electron chi connectivity index (χ3n) is 3.24. The van der Waals surface area contributed by atoms with Crippen molar-refractivity contribution < 1.29 is 9.13 Å². The normalized spacial score (nSPS) is 11.0. The Balaban J connectivity index is 2.16. The SMILES string of the molecule is CCc1cc2c(N)nc(-c3ccc(OC)cc3F)nc2s1. The van der Waals surface area contributed by atoms with Crippen LogP contribution in [0.5, 0.6) is 5.75 Å². The Morgan fingerprint density at radius 2 is 2.10 bits per heavy atom. The van der Waals surface area contributed by atoms with Crippen LogP contribution in [0.15, 0.2) is 24.3 Å². The predicted octanol–water partition coefficient (Wildman–Crippen LogP) is 3.65. The average molecular weight is 303 g/mol. The molecule has 1 aromatic carbocycles. The van der Waals surface area contributed by atoms with Crippen LogP contribution in [0, 0.1) is 5.82 Å². The zero-order valence-electron chi connectivity index (χ0n) is 11.7. The molecule has 6 heteroatoms. The molecular weight excluding hydrogens is 289 g/mol. The van der Waals surface area contributed by atoms with Gasteiger partial charge in [-0.2, -0.15) is 0 Å². The van der Waals surface area contributed by atoms with E-state index in [1.807, 2.05) is 6.07 Å². The number of thiophene rings is 1. The van der Waals surface area contributed by atoms with Crippen molar-refractivity contribution in [2.24, 2.45) is 0 Å². The molecule has 0 unspecified atom stereocenters. The van der Waals surface area contributed by atoms with Gasteiger partial charge in [0.1, 0.15) is 22.2 Å². The molecule has 3 aromatic rings. The minimum absolute atomic E-state index is 0.296. The lowest BCUT2D eigenvalue weighted by atomic mass is 10.2. The Kier molecular flexibility index (Phi) is 3.47. The van der Waals surface area contributed by atoms with Crippen LogP contribution >= 0.6 is 11.3 Å². The van der Waals surface area contributed by atoms with Gasteiger partial charge in [-0.25, -0.2) is 14.4 Å². The number of aromatic nitrogens is 2. The van der Waals surface area contributed by atoms with E-state index in [9.17, 15) is 4.39 Å². The van der Waals surface area contributed by atoms with E-state index < -0.39 is 5.82 Å². The van der Waals surface area contributed by atoms with E-state index in [1.165, 1.54) is 18.1 Å². The van der Waals surface area contributed by atoms with Crippen molar-refractivity contribution in [3.63, 3.8) is 0 Å². The quantitative estimate of drug-likeness (QED) is 0.802. The fourth-order valence-corrected chi connectivity index (χ4v) is 3.07. The molecule has 4 nitrogen and oxygen atoms in total. The van der Waals surface area contributed by atoms with Crippen molar-refractivity contribution in [3.8, 4) is 17.1 Å². The van der Waals surface area contributed by atoms with Crippen molar-refractivity contribution in [3.05, 3.63) is 35.0 Å². The summed E-state index contributed by atoms with van der Waals surface area (Å²) in [5.41, 5.74) is 6.29. The number of ether oxygens (including phenoxy) is 1. The average Bonchev–Trinajstić information content (AvgIpc) is 2.90. The summed E-state index contributed by atoms with van der Waals surface area (Å²) in [6.45, 7) is 2.07. The lowest BCUT2D eigenvalue weighted by Crippen LogP contribution is -1.98. The van der Waals surface area contributed by atoms with Gasteiger partial charge in [0.05, 0.1) is 18.1 Å². The van der Waals surface area contributed by atoms with E-state index >= 15 is 0 Å². The number of benzene rings is 1. The summed E-state index contributed by atoms with van der Waals surface area (Å²) in [5.74, 6) is 0.695. The molecule has 3 rings (SSSR count). The number of nitrogens with zero attached hydrogens (tertiary/aromatic N) is 2. The third kappa shape index (κ3) is 2.42. The summed E-state index contributed by atoms with van der Waals surface area (Å²) in [6, 6.07) is 6.58. The van der Waals surface area contributed by atoms with Crippen LogP contribution in [-0.4, -0.2) is 17.1 Å². The molecule has 0 bridgehead atoms. The number of rotatable bonds is 3. The molecule has 0 aliphatic carbocycles. The van der Waals surface area contributed by atoms with Gasteiger partial charge in [0.2, 0.25) is 0 Å². The number of aryl methyl sites for hydroxylation is 1. The number of methoxy groups -OCH3 is 1. The van der Waals surface area contributed by atoms with E-state index in [0.29, 0.717) is 23.0 Å². The lowest BCUT2D eigenvalue weighted by molar-refractivity contribution is 0.411. The molecule has 21 heavy (non-hydrogen) atoms. The molecule has 108 valence electrons. The van der Waals surface area contributed by atoms with E-state index in [-0.39, 0.29) is 0 Å². The van der Waals surface area contributed by atoms with Crippen LogP contribution in [0.2, 0.25) is 0 Å². The van der Waals surface area contributed by atoms with E-state index in [0.717, 1.165) is 16.6 Å². The van der Waals surface area contributed by atoms with Gasteiger partial charge in [-0.3, -0.25) is 0 Å². The Morgan fingerprint density at radius 1 is 1.29 bits per heavy atom. The number of nitrogen functional groups attached to an aromatic ring is 1. The van der Waals surface area contributed by atoms with Gasteiger partial charge in [0.15, 0.2) is 5.82 Å². The molecule has 2 heterocycles. The maximum Gasteiger partial charge on any atom is 0.166 e. The molecule has 2 aromatic heterocycles. The Hall–Kier alpha value is -2.21. The predicted molar refractivity (Wildman–Crippen MR) is 83.2 cm³/mol. The fourth-order valence-electron chi connectivity index (χ4n) is 2.09. The number of hydrogen-bond donors (Lipinski definition) is 1. The second-order valence-corrected chi connectivity index (χ2v) is 5.68. The van der Waals surface area contributed by atoms with Crippen LogP contribution in [0.4, 0.5) is 10.2 Å². The highest BCUT2D eigenvalue weighted by atomic mass is 32.1. The number of halogens is 1. The van der Waals surface area contributed by atoms with Gasteiger partial charge >= 0.3 is 0 Å². The van der Waals surface area contributed by atoms with Gasteiger partial charge in [0.25, 0.3) is 0 Å². The molecule has 0 fully saturated rings. The van der Waals surface area contributed by atoms with E-state index in [2.05, 4.69) is 16.9 Å². The monoisotopic (exact) mass is 303 g/mol. The van der Waals surface area contributed by atoms with Crippen molar-refractivity contribution in [2.45, 2.75) is 13.3 Å². The molecule has 0 radical (unpaired) electrons. The highest BCUT2D eigenvalue weighted by Gasteiger charge is 2.14. The first-order chi connectivity index (χ1) is 10.1. The maximum atomic E-state index is 14.1. The van der Waals surface area contributed by atoms with Crippen molar-refractivity contribution in [2.75, 3.05) is 12.8 Å². The Bertz CT molecular complexity index is 816. The molecule has 0 aliphatic rings. The second-order valence-electron chi connectivity index (χ2n) is 4.56. The second kappa shape index (κ2) is 5.29. The molecule has 2 N–H and O–H groups in total. The topological polar surface area (TPSA) is 61.0 Å². The summed E-state index contributed by atoms with van der Waals surface area (Å²) in [7, 11) is 1.49. The number of hydrogen-bond acceptors (Lipinski definition) is 5. The molecule has 0 atom stereocenters. The lowest BCUT2D eigenvalue weighted by Gasteiger charge is -2.05. The number of anilines is 1. The first kappa shape index (κ1) is 13.8. The van der Waals surface area contributed by atoms with Gasteiger partial charge in [-0.1, -0.05) is 6.92 Å². The van der Waals surface area contributed by atoms with Gasteiger partial charge in [-0.15, -0.1) is 11.3 Å². The highest BCUT2D eigenvalue weighted by Crippen LogP contribution is 2.31. The smallest absolute Gasteiger partial charge is 0.166 e. The standard InChI is InChI=1S/C15H14FN3OS/c1-3-9-7-11-13(17)18-14(19-15(11)21-9)10-5-4-8(20-2)6-12(10)16/h4-7H,3H2,1-2H3,(H2,17,18,19). The molecule has 0 amide bonds. The highest BCUT2D eigenvalue weighted by molar-refractivity contribution is 7.18. The van der Waals surface area contributed by atoms with Crippen molar-refractivity contribution in [1.29, 1.82) is 0 Å². The number of fused-ring (bicyclic) bond motifs is 1. The zero-order chi connectivity index (χ0) is 15.0. The minimum Gasteiger partial charge on any atom is -0.497 e. The molecule has 0 saturated carbocycles. The first-order valence-corrected chi connectivity index (χ1v) is 7.34. The largest absolute Gasteiger partial charge is 0.497 e.